The van der Waals surface area contributed by atoms with E-state index in [1.54, 1.807) is 17.9 Å². The maximum absolute atomic E-state index is 8.72. The molecule has 0 aliphatic carbocycles. The van der Waals surface area contributed by atoms with Gasteiger partial charge in [0.05, 0.1) is 5.02 Å². The summed E-state index contributed by atoms with van der Waals surface area (Å²) in [6, 6.07) is 1.90. The number of aryl methyl sites for hydroxylation is 1. The Labute approximate surface area is 84.1 Å². The summed E-state index contributed by atoms with van der Waals surface area (Å²) >= 11 is 5.89. The Kier molecular flexibility index (Phi) is 1.94. The van der Waals surface area contributed by atoms with E-state index in [2.05, 4.69) is 20.5 Å². The Hall–Kier alpha value is -1.87. The molecule has 7 heteroatoms. The number of halogens is 1. The molecule has 0 unspecified atom stereocenters. The summed E-state index contributed by atoms with van der Waals surface area (Å²) in [5, 5.41) is 23.1. The van der Waals surface area contributed by atoms with E-state index in [0.29, 0.717) is 16.4 Å². The molecule has 1 N–H and O–H groups in total. The molecule has 0 amide bonds. The number of hydrogen-bond donors (Lipinski definition) is 1. The number of aromatic nitrogens is 5. The number of nitrogens with one attached hydrogen (secondary N) is 1. The van der Waals surface area contributed by atoms with Crippen LogP contribution >= 0.6 is 11.6 Å². The molecule has 0 atom stereocenters. The van der Waals surface area contributed by atoms with Crippen LogP contribution in [0.5, 0.6) is 0 Å². The highest BCUT2D eigenvalue weighted by atomic mass is 35.5. The van der Waals surface area contributed by atoms with Crippen LogP contribution in [0, 0.1) is 11.3 Å². The van der Waals surface area contributed by atoms with Crippen LogP contribution in [-0.2, 0) is 7.05 Å². The zero-order valence-electron chi connectivity index (χ0n) is 7.19. The molecule has 0 bridgehead atoms. The van der Waals surface area contributed by atoms with Crippen LogP contribution in [0.15, 0.2) is 6.20 Å². The van der Waals surface area contributed by atoms with Gasteiger partial charge in [0.1, 0.15) is 11.8 Å². The monoisotopic (exact) mass is 208 g/mol. The zero-order chi connectivity index (χ0) is 10.1. The molecule has 0 spiro atoms. The second kappa shape index (κ2) is 3.12. The third-order valence-corrected chi connectivity index (χ3v) is 1.94. The predicted octanol–water partition coefficient (Wildman–Crippen LogP) is 0.730. The van der Waals surface area contributed by atoms with Crippen molar-refractivity contribution in [3.8, 4) is 17.5 Å². The van der Waals surface area contributed by atoms with Gasteiger partial charge in [-0.1, -0.05) is 11.6 Å². The van der Waals surface area contributed by atoms with Crippen LogP contribution in [0.3, 0.4) is 0 Å². The highest BCUT2D eigenvalue weighted by molar-refractivity contribution is 6.32. The van der Waals surface area contributed by atoms with Gasteiger partial charge in [-0.2, -0.15) is 20.7 Å². The Morgan fingerprint density at radius 1 is 1.50 bits per heavy atom. The Morgan fingerprint density at radius 3 is 2.86 bits per heavy atom. The second-order valence-electron chi connectivity index (χ2n) is 2.63. The fourth-order valence-corrected chi connectivity index (χ4v) is 1.36. The summed E-state index contributed by atoms with van der Waals surface area (Å²) in [6.07, 6.45) is 1.63. The fourth-order valence-electron chi connectivity index (χ4n) is 1.09. The first-order valence-corrected chi connectivity index (χ1v) is 4.10. The van der Waals surface area contributed by atoms with Crippen LogP contribution in [0.25, 0.3) is 11.4 Å². The largest absolute Gasteiger partial charge is 0.274 e. The van der Waals surface area contributed by atoms with Crippen molar-refractivity contribution in [2.24, 2.45) is 7.05 Å². The van der Waals surface area contributed by atoms with Gasteiger partial charge >= 0.3 is 0 Å². The molecule has 0 aliphatic rings. The van der Waals surface area contributed by atoms with Crippen molar-refractivity contribution in [3.63, 3.8) is 0 Å². The van der Waals surface area contributed by atoms with Gasteiger partial charge in [0, 0.05) is 13.2 Å². The topological polar surface area (TPSA) is 83.2 Å². The maximum Gasteiger partial charge on any atom is 0.192 e. The molecule has 2 aromatic rings. The first-order chi connectivity index (χ1) is 6.72. The molecule has 14 heavy (non-hydrogen) atoms. The third-order valence-electron chi connectivity index (χ3n) is 1.66. The van der Waals surface area contributed by atoms with Gasteiger partial charge in [-0.05, 0) is 0 Å². The van der Waals surface area contributed by atoms with E-state index in [9.17, 15) is 0 Å². The van der Waals surface area contributed by atoms with Gasteiger partial charge in [0.25, 0.3) is 0 Å². The Bertz CT molecular complexity index is 504. The Morgan fingerprint density at radius 2 is 2.29 bits per heavy atom. The number of H-pyrrole nitrogens is 1. The first kappa shape index (κ1) is 8.72. The number of rotatable bonds is 1. The molecule has 0 aliphatic heterocycles. The van der Waals surface area contributed by atoms with E-state index in [-0.39, 0.29) is 5.69 Å². The average molecular weight is 209 g/mol. The standard InChI is InChI=1S/C7H5ClN6/c1-14-3-4(8)6(12-14)7-5(2-9)10-13-11-7/h3H,1H3,(H,10,11,13). The maximum atomic E-state index is 8.72. The lowest BCUT2D eigenvalue weighted by Gasteiger charge is -1.89. The van der Waals surface area contributed by atoms with Crippen LogP contribution in [0.1, 0.15) is 5.69 Å². The second-order valence-corrected chi connectivity index (χ2v) is 3.04. The summed E-state index contributed by atoms with van der Waals surface area (Å²) in [4.78, 5) is 0. The van der Waals surface area contributed by atoms with E-state index in [1.165, 1.54) is 0 Å². The van der Waals surface area contributed by atoms with Crippen LogP contribution < -0.4 is 0 Å². The lowest BCUT2D eigenvalue weighted by atomic mass is 10.2. The fraction of sp³-hybridized carbons (Fsp3) is 0.143. The summed E-state index contributed by atoms with van der Waals surface area (Å²) < 4.78 is 1.55. The van der Waals surface area contributed by atoms with Gasteiger partial charge in [-0.15, -0.1) is 5.10 Å². The quantitative estimate of drug-likeness (QED) is 0.749. The van der Waals surface area contributed by atoms with Crippen molar-refractivity contribution in [2.75, 3.05) is 0 Å². The van der Waals surface area contributed by atoms with Crippen molar-refractivity contribution < 1.29 is 0 Å². The Balaban J connectivity index is 2.61. The molecule has 2 aromatic heterocycles. The summed E-state index contributed by atoms with van der Waals surface area (Å²) in [5.41, 5.74) is 1.02. The molecular formula is C7H5ClN6. The lowest BCUT2D eigenvalue weighted by molar-refractivity contribution is 0.769. The molecule has 2 rings (SSSR count). The third kappa shape index (κ3) is 1.24. The number of hydrogen-bond acceptors (Lipinski definition) is 4. The first-order valence-electron chi connectivity index (χ1n) is 3.72. The van der Waals surface area contributed by atoms with E-state index in [4.69, 9.17) is 16.9 Å². The SMILES string of the molecule is Cn1cc(Cl)c(-c2n[nH]nc2C#N)n1. The van der Waals surface area contributed by atoms with Crippen LogP contribution in [-0.4, -0.2) is 25.2 Å². The van der Waals surface area contributed by atoms with E-state index < -0.39 is 0 Å². The predicted molar refractivity (Wildman–Crippen MR) is 48.3 cm³/mol. The molecule has 6 nitrogen and oxygen atoms in total. The molecule has 0 saturated carbocycles. The molecule has 0 radical (unpaired) electrons. The van der Waals surface area contributed by atoms with Crippen molar-refractivity contribution in [1.29, 1.82) is 5.26 Å². The minimum Gasteiger partial charge on any atom is -0.274 e. The molecule has 70 valence electrons. The molecule has 0 aromatic carbocycles. The van der Waals surface area contributed by atoms with Gasteiger partial charge in [0.15, 0.2) is 11.4 Å². The number of aromatic amines is 1. The van der Waals surface area contributed by atoms with E-state index in [1.807, 2.05) is 6.07 Å². The van der Waals surface area contributed by atoms with Gasteiger partial charge in [0.2, 0.25) is 0 Å². The van der Waals surface area contributed by atoms with Crippen molar-refractivity contribution in [2.45, 2.75) is 0 Å². The summed E-state index contributed by atoms with van der Waals surface area (Å²) in [6.45, 7) is 0. The zero-order valence-corrected chi connectivity index (χ0v) is 7.95. The van der Waals surface area contributed by atoms with Crippen molar-refractivity contribution >= 4 is 11.6 Å². The molecular weight excluding hydrogens is 204 g/mol. The van der Waals surface area contributed by atoms with Gasteiger partial charge in [-0.25, -0.2) is 0 Å². The molecule has 2 heterocycles. The smallest absolute Gasteiger partial charge is 0.192 e. The van der Waals surface area contributed by atoms with Crippen molar-refractivity contribution in [3.05, 3.63) is 16.9 Å². The highest BCUT2D eigenvalue weighted by Gasteiger charge is 2.16. The van der Waals surface area contributed by atoms with Crippen molar-refractivity contribution in [1.82, 2.24) is 25.2 Å². The minimum atomic E-state index is 0.186. The number of nitrogens with zero attached hydrogens (tertiary/aromatic N) is 5. The normalized spacial score (nSPS) is 10.1. The highest BCUT2D eigenvalue weighted by Crippen LogP contribution is 2.25. The van der Waals surface area contributed by atoms with Gasteiger partial charge in [-0.3, -0.25) is 4.68 Å². The summed E-state index contributed by atoms with van der Waals surface area (Å²) in [7, 11) is 1.74. The molecule has 0 saturated heterocycles. The lowest BCUT2D eigenvalue weighted by Crippen LogP contribution is -1.89. The van der Waals surface area contributed by atoms with E-state index in [0.717, 1.165) is 0 Å². The minimum absolute atomic E-state index is 0.186. The number of nitriles is 1. The average Bonchev–Trinajstić information content (AvgIpc) is 2.71. The van der Waals surface area contributed by atoms with Crippen LogP contribution in [0.2, 0.25) is 5.02 Å². The van der Waals surface area contributed by atoms with Crippen LogP contribution in [0.4, 0.5) is 0 Å². The van der Waals surface area contributed by atoms with E-state index >= 15 is 0 Å². The molecule has 0 fully saturated rings. The summed E-state index contributed by atoms with van der Waals surface area (Å²) in [5.74, 6) is 0. The van der Waals surface area contributed by atoms with Gasteiger partial charge < -0.3 is 0 Å².